The van der Waals surface area contributed by atoms with Crippen molar-refractivity contribution in [2.45, 2.75) is 45.7 Å². The summed E-state index contributed by atoms with van der Waals surface area (Å²) >= 11 is 0. The van der Waals surface area contributed by atoms with Crippen LogP contribution in [0, 0.1) is 13.8 Å². The quantitative estimate of drug-likeness (QED) is 0.768. The van der Waals surface area contributed by atoms with Crippen molar-refractivity contribution in [3.63, 3.8) is 0 Å². The van der Waals surface area contributed by atoms with E-state index in [1.54, 1.807) is 6.33 Å². The van der Waals surface area contributed by atoms with Gasteiger partial charge in [-0.3, -0.25) is 0 Å². The Morgan fingerprint density at radius 3 is 2.60 bits per heavy atom. The first kappa shape index (κ1) is 12.2. The number of rotatable bonds is 5. The molecule has 1 rings (SSSR count). The van der Waals surface area contributed by atoms with Gasteiger partial charge in [0, 0.05) is 11.7 Å². The fourth-order valence-electron chi connectivity index (χ4n) is 1.81. The molecule has 0 aromatic carbocycles. The highest BCUT2D eigenvalue weighted by molar-refractivity contribution is 5.10. The SMILES string of the molecule is CCCC(N)C(CO)n1cnc(C)c1C. The molecule has 0 aliphatic rings. The number of aliphatic hydroxyl groups is 1. The van der Waals surface area contributed by atoms with Gasteiger partial charge < -0.3 is 15.4 Å². The molecule has 4 nitrogen and oxygen atoms in total. The van der Waals surface area contributed by atoms with E-state index in [9.17, 15) is 5.11 Å². The summed E-state index contributed by atoms with van der Waals surface area (Å²) in [6.07, 6.45) is 3.72. The van der Waals surface area contributed by atoms with Crippen molar-refractivity contribution in [3.8, 4) is 0 Å². The Hall–Kier alpha value is -0.870. The maximum Gasteiger partial charge on any atom is 0.0955 e. The molecule has 0 aliphatic heterocycles. The van der Waals surface area contributed by atoms with Crippen LogP contribution < -0.4 is 5.73 Å². The number of hydrogen-bond acceptors (Lipinski definition) is 3. The van der Waals surface area contributed by atoms with Gasteiger partial charge in [-0.2, -0.15) is 0 Å². The predicted molar refractivity (Wildman–Crippen MR) is 60.7 cm³/mol. The molecular weight excluding hydrogens is 190 g/mol. The molecule has 2 atom stereocenters. The molecule has 1 heterocycles. The number of aliphatic hydroxyl groups excluding tert-OH is 1. The molecule has 0 radical (unpaired) electrons. The fourth-order valence-corrected chi connectivity index (χ4v) is 1.81. The zero-order valence-corrected chi connectivity index (χ0v) is 9.77. The molecule has 1 aromatic heterocycles. The van der Waals surface area contributed by atoms with Crippen molar-refractivity contribution < 1.29 is 5.11 Å². The molecular formula is C11H21N3O. The lowest BCUT2D eigenvalue weighted by Crippen LogP contribution is -2.34. The van der Waals surface area contributed by atoms with Crippen LogP contribution in [0.15, 0.2) is 6.33 Å². The van der Waals surface area contributed by atoms with Gasteiger partial charge >= 0.3 is 0 Å². The van der Waals surface area contributed by atoms with Gasteiger partial charge in [0.15, 0.2) is 0 Å². The Labute approximate surface area is 91.1 Å². The van der Waals surface area contributed by atoms with Gasteiger partial charge in [-0.05, 0) is 20.3 Å². The van der Waals surface area contributed by atoms with Gasteiger partial charge in [0.25, 0.3) is 0 Å². The van der Waals surface area contributed by atoms with E-state index in [0.29, 0.717) is 0 Å². The molecule has 0 spiro atoms. The standard InChI is InChI=1S/C11H21N3O/c1-4-5-10(12)11(6-15)14-7-13-8(2)9(14)3/h7,10-11,15H,4-6,12H2,1-3H3. The molecule has 2 unspecified atom stereocenters. The van der Waals surface area contributed by atoms with Gasteiger partial charge in [-0.25, -0.2) is 4.98 Å². The second-order valence-electron chi connectivity index (χ2n) is 4.03. The number of imidazole rings is 1. The molecule has 0 saturated carbocycles. The molecule has 4 heteroatoms. The van der Waals surface area contributed by atoms with Crippen molar-refractivity contribution in [1.29, 1.82) is 0 Å². The molecule has 0 saturated heterocycles. The van der Waals surface area contributed by atoms with Crippen LogP contribution in [0.2, 0.25) is 0 Å². The first-order valence-electron chi connectivity index (χ1n) is 5.48. The Morgan fingerprint density at radius 2 is 2.20 bits per heavy atom. The summed E-state index contributed by atoms with van der Waals surface area (Å²) in [5.41, 5.74) is 8.12. The minimum atomic E-state index is -0.0499. The lowest BCUT2D eigenvalue weighted by Gasteiger charge is -2.24. The zero-order chi connectivity index (χ0) is 11.4. The van der Waals surface area contributed by atoms with Gasteiger partial charge in [-0.1, -0.05) is 13.3 Å². The summed E-state index contributed by atoms with van der Waals surface area (Å²) in [5, 5.41) is 9.38. The van der Waals surface area contributed by atoms with Crippen molar-refractivity contribution >= 4 is 0 Å². The number of nitrogens with two attached hydrogens (primary N) is 1. The van der Waals surface area contributed by atoms with Crippen LogP contribution in [-0.4, -0.2) is 27.3 Å². The average Bonchev–Trinajstić information content (AvgIpc) is 2.51. The van der Waals surface area contributed by atoms with Crippen molar-refractivity contribution in [2.75, 3.05) is 6.61 Å². The summed E-state index contributed by atoms with van der Waals surface area (Å²) in [6.45, 7) is 6.13. The number of aryl methyl sites for hydroxylation is 1. The van der Waals surface area contributed by atoms with Gasteiger partial charge in [0.1, 0.15) is 0 Å². The van der Waals surface area contributed by atoms with Crippen LogP contribution in [0.4, 0.5) is 0 Å². The van der Waals surface area contributed by atoms with E-state index in [1.807, 2.05) is 18.4 Å². The molecule has 0 bridgehead atoms. The van der Waals surface area contributed by atoms with Crippen LogP contribution in [0.25, 0.3) is 0 Å². The molecule has 0 fully saturated rings. The van der Waals surface area contributed by atoms with Crippen LogP contribution >= 0.6 is 0 Å². The van der Waals surface area contributed by atoms with E-state index >= 15 is 0 Å². The molecule has 0 amide bonds. The third kappa shape index (κ3) is 2.58. The smallest absolute Gasteiger partial charge is 0.0955 e. The van der Waals surface area contributed by atoms with Crippen LogP contribution in [0.3, 0.4) is 0 Å². The van der Waals surface area contributed by atoms with Crippen LogP contribution in [0.1, 0.15) is 37.2 Å². The third-order valence-corrected chi connectivity index (χ3v) is 2.95. The Balaban J connectivity index is 2.87. The fraction of sp³-hybridized carbons (Fsp3) is 0.727. The first-order valence-corrected chi connectivity index (χ1v) is 5.48. The van der Waals surface area contributed by atoms with E-state index in [4.69, 9.17) is 5.73 Å². The molecule has 15 heavy (non-hydrogen) atoms. The van der Waals surface area contributed by atoms with E-state index < -0.39 is 0 Å². The Bertz CT molecular complexity index is 309. The van der Waals surface area contributed by atoms with Crippen LogP contribution in [-0.2, 0) is 0 Å². The predicted octanol–water partition coefficient (Wildman–Crippen LogP) is 1.16. The molecule has 86 valence electrons. The molecule has 0 aliphatic carbocycles. The Morgan fingerprint density at radius 1 is 1.53 bits per heavy atom. The zero-order valence-electron chi connectivity index (χ0n) is 9.77. The second kappa shape index (κ2) is 5.28. The summed E-state index contributed by atoms with van der Waals surface area (Å²) in [4.78, 5) is 4.22. The minimum Gasteiger partial charge on any atom is -0.394 e. The number of nitrogens with zero attached hydrogens (tertiary/aromatic N) is 2. The van der Waals surface area contributed by atoms with Gasteiger partial charge in [-0.15, -0.1) is 0 Å². The summed E-state index contributed by atoms with van der Waals surface area (Å²) < 4.78 is 1.98. The highest BCUT2D eigenvalue weighted by atomic mass is 16.3. The van der Waals surface area contributed by atoms with E-state index in [0.717, 1.165) is 24.2 Å². The number of aromatic nitrogens is 2. The normalized spacial score (nSPS) is 15.3. The minimum absolute atomic E-state index is 0.00713. The van der Waals surface area contributed by atoms with Crippen LogP contribution in [0.5, 0.6) is 0 Å². The molecule has 3 N–H and O–H groups in total. The lowest BCUT2D eigenvalue weighted by atomic mass is 10.0. The third-order valence-electron chi connectivity index (χ3n) is 2.95. The largest absolute Gasteiger partial charge is 0.394 e. The van der Waals surface area contributed by atoms with Crippen molar-refractivity contribution in [3.05, 3.63) is 17.7 Å². The first-order chi connectivity index (χ1) is 7.11. The summed E-state index contributed by atoms with van der Waals surface area (Å²) in [5.74, 6) is 0. The summed E-state index contributed by atoms with van der Waals surface area (Å²) in [7, 11) is 0. The topological polar surface area (TPSA) is 64.1 Å². The number of hydrogen-bond donors (Lipinski definition) is 2. The average molecular weight is 211 g/mol. The lowest BCUT2D eigenvalue weighted by molar-refractivity contribution is 0.200. The summed E-state index contributed by atoms with van der Waals surface area (Å²) in [6, 6.07) is -0.0570. The highest BCUT2D eigenvalue weighted by Crippen LogP contribution is 2.17. The van der Waals surface area contributed by atoms with E-state index in [1.165, 1.54) is 0 Å². The van der Waals surface area contributed by atoms with Crippen molar-refractivity contribution in [2.24, 2.45) is 5.73 Å². The second-order valence-corrected chi connectivity index (χ2v) is 4.03. The van der Waals surface area contributed by atoms with E-state index in [-0.39, 0.29) is 18.7 Å². The van der Waals surface area contributed by atoms with Gasteiger partial charge in [0.2, 0.25) is 0 Å². The van der Waals surface area contributed by atoms with Crippen molar-refractivity contribution in [1.82, 2.24) is 9.55 Å². The Kier molecular flexibility index (Phi) is 4.29. The maximum atomic E-state index is 9.38. The molecule has 1 aromatic rings. The maximum absolute atomic E-state index is 9.38. The highest BCUT2D eigenvalue weighted by Gasteiger charge is 2.19. The van der Waals surface area contributed by atoms with Gasteiger partial charge in [0.05, 0.1) is 24.7 Å². The monoisotopic (exact) mass is 211 g/mol. The van der Waals surface area contributed by atoms with E-state index in [2.05, 4.69) is 11.9 Å².